The number of hydrogen-bond acceptors (Lipinski definition) is 8. The van der Waals surface area contributed by atoms with Crippen LogP contribution in [0.25, 0.3) is 0 Å². The number of carbonyl (C=O) groups is 1. The van der Waals surface area contributed by atoms with Gasteiger partial charge in [0.25, 0.3) is 0 Å². The van der Waals surface area contributed by atoms with E-state index in [9.17, 15) is 19.4 Å². The second-order valence-corrected chi connectivity index (χ2v) is 15.4. The minimum absolute atomic E-state index is 0.0153. The number of aliphatic hydroxyl groups is 2. The van der Waals surface area contributed by atoms with Crippen molar-refractivity contribution < 1.29 is 43.0 Å². The summed E-state index contributed by atoms with van der Waals surface area (Å²) in [5, 5.41) is 18.3. The van der Waals surface area contributed by atoms with Crippen molar-refractivity contribution >= 4 is 13.8 Å². The summed E-state index contributed by atoms with van der Waals surface area (Å²) in [6.45, 7) is 3.26. The first kappa shape index (κ1) is 54.4. The van der Waals surface area contributed by atoms with Crippen molar-refractivity contribution in [1.29, 1.82) is 0 Å². The maximum Gasteiger partial charge on any atom is 0.472 e. The molecule has 0 aliphatic heterocycles. The van der Waals surface area contributed by atoms with E-state index in [-0.39, 0.29) is 13.0 Å². The van der Waals surface area contributed by atoms with Gasteiger partial charge in [-0.05, 0) is 89.9 Å². The third kappa shape index (κ3) is 42.8. The van der Waals surface area contributed by atoms with Crippen molar-refractivity contribution in [3.63, 3.8) is 0 Å². The highest BCUT2D eigenvalue weighted by Gasteiger charge is 2.26. The standard InChI is InChI=1S/C47H79O9P/c1-3-5-7-9-11-13-15-17-18-19-20-21-22-23-24-25-26-27-29-31-33-35-37-39-47(50)56-46(44-55-57(51,52)54-42-45(49)41-48)43-53-40-38-36-34-32-30-28-16-14-12-10-8-6-4-2/h5,7,11-14,17-18,20-21,23-24,26-27,31,33,45-46,48-49H,3-4,6,8-10,15-16,19,22,25,28-30,32,34-44H2,1-2H3,(H,51,52)/b7-5-,13-11-,14-12-,18-17-,21-20-,24-23-,27-26-,33-31-. The molecule has 326 valence electrons. The van der Waals surface area contributed by atoms with Gasteiger partial charge in [-0.25, -0.2) is 4.57 Å². The van der Waals surface area contributed by atoms with E-state index >= 15 is 0 Å². The molecule has 0 aliphatic rings. The second-order valence-electron chi connectivity index (χ2n) is 14.0. The number of unbranched alkanes of at least 4 members (excludes halogenated alkanes) is 10. The predicted octanol–water partition coefficient (Wildman–Crippen LogP) is 12.1. The Morgan fingerprint density at radius 3 is 1.53 bits per heavy atom. The van der Waals surface area contributed by atoms with Gasteiger partial charge in [0.2, 0.25) is 0 Å². The van der Waals surface area contributed by atoms with Gasteiger partial charge in [0.05, 0.1) is 26.4 Å². The van der Waals surface area contributed by atoms with Crippen LogP contribution in [0.4, 0.5) is 0 Å². The van der Waals surface area contributed by atoms with E-state index in [1.807, 2.05) is 6.08 Å². The lowest BCUT2D eigenvalue weighted by atomic mass is 10.1. The molecule has 0 heterocycles. The number of aliphatic hydroxyl groups excluding tert-OH is 2. The van der Waals surface area contributed by atoms with Gasteiger partial charge in [-0.15, -0.1) is 0 Å². The first-order valence-electron chi connectivity index (χ1n) is 21.7. The van der Waals surface area contributed by atoms with E-state index < -0.39 is 45.8 Å². The van der Waals surface area contributed by atoms with Crippen LogP contribution in [0.3, 0.4) is 0 Å². The van der Waals surface area contributed by atoms with E-state index in [4.69, 9.17) is 23.6 Å². The lowest BCUT2D eigenvalue weighted by Gasteiger charge is -2.20. The summed E-state index contributed by atoms with van der Waals surface area (Å²) in [4.78, 5) is 22.5. The van der Waals surface area contributed by atoms with Crippen molar-refractivity contribution in [1.82, 2.24) is 0 Å². The Balaban J connectivity index is 4.31. The SMILES string of the molecule is CC/C=C\C/C=C\C/C=C\C/C=C\C/C=C\C/C=C\C/C=C\CCCC(=O)OC(COCCCCCCCC/C=C\CCCCC)COP(=O)(O)OCC(O)CO. The summed E-state index contributed by atoms with van der Waals surface area (Å²) >= 11 is 0. The van der Waals surface area contributed by atoms with E-state index in [0.29, 0.717) is 13.0 Å². The number of allylic oxidation sites excluding steroid dienone is 16. The fraction of sp³-hybridized carbons (Fsp3) is 0.638. The molecule has 0 saturated carbocycles. The van der Waals surface area contributed by atoms with Gasteiger partial charge in [0.1, 0.15) is 12.2 Å². The molecular formula is C47H79O9P. The van der Waals surface area contributed by atoms with Gasteiger partial charge < -0.3 is 24.6 Å². The molecule has 3 atom stereocenters. The summed E-state index contributed by atoms with van der Waals surface area (Å²) in [7, 11) is -4.54. The molecule has 0 aliphatic carbocycles. The molecule has 3 N–H and O–H groups in total. The first-order valence-corrected chi connectivity index (χ1v) is 23.2. The molecule has 0 bridgehead atoms. The molecule has 0 radical (unpaired) electrons. The minimum atomic E-state index is -4.54. The molecule has 0 aromatic carbocycles. The van der Waals surface area contributed by atoms with E-state index in [1.54, 1.807) is 0 Å². The zero-order valence-corrected chi connectivity index (χ0v) is 36.4. The first-order chi connectivity index (χ1) is 27.8. The zero-order chi connectivity index (χ0) is 41.8. The van der Waals surface area contributed by atoms with Crippen molar-refractivity contribution in [3.05, 3.63) is 97.2 Å². The fourth-order valence-electron chi connectivity index (χ4n) is 5.22. The van der Waals surface area contributed by atoms with Crippen LogP contribution in [-0.2, 0) is 27.9 Å². The van der Waals surface area contributed by atoms with Crippen LogP contribution in [0, 0.1) is 0 Å². The summed E-state index contributed by atoms with van der Waals surface area (Å²) in [6.07, 6.45) is 53.7. The highest BCUT2D eigenvalue weighted by Crippen LogP contribution is 2.43. The van der Waals surface area contributed by atoms with Crippen molar-refractivity contribution in [2.75, 3.05) is 33.0 Å². The summed E-state index contributed by atoms with van der Waals surface area (Å²) < 4.78 is 33.3. The third-order valence-corrected chi connectivity index (χ3v) is 9.45. The van der Waals surface area contributed by atoms with Crippen molar-refractivity contribution in [2.45, 2.75) is 161 Å². The Labute approximate surface area is 347 Å². The maximum atomic E-state index is 12.6. The van der Waals surface area contributed by atoms with Crippen molar-refractivity contribution in [3.8, 4) is 0 Å². The topological polar surface area (TPSA) is 132 Å². The van der Waals surface area contributed by atoms with Crippen LogP contribution >= 0.6 is 7.82 Å². The summed E-state index contributed by atoms with van der Waals surface area (Å²) in [5.41, 5.74) is 0. The Bertz CT molecular complexity index is 1200. The normalized spacial score (nSPS) is 15.0. The Morgan fingerprint density at radius 1 is 0.561 bits per heavy atom. The van der Waals surface area contributed by atoms with Gasteiger partial charge in [-0.1, -0.05) is 150 Å². The predicted molar refractivity (Wildman–Crippen MR) is 237 cm³/mol. The maximum absolute atomic E-state index is 12.6. The second kappa shape index (κ2) is 43.0. The molecular weight excluding hydrogens is 739 g/mol. The average Bonchev–Trinajstić information content (AvgIpc) is 3.20. The molecule has 0 rings (SSSR count). The molecule has 10 heteroatoms. The Morgan fingerprint density at radius 2 is 1.00 bits per heavy atom. The van der Waals surface area contributed by atoms with Gasteiger partial charge in [0, 0.05) is 13.0 Å². The molecule has 0 aromatic heterocycles. The Kier molecular flexibility index (Phi) is 41.0. The molecule has 0 amide bonds. The monoisotopic (exact) mass is 819 g/mol. The van der Waals surface area contributed by atoms with Crippen LogP contribution in [0.15, 0.2) is 97.2 Å². The lowest BCUT2D eigenvalue weighted by molar-refractivity contribution is -0.154. The average molecular weight is 819 g/mol. The van der Waals surface area contributed by atoms with E-state index in [1.165, 1.54) is 44.9 Å². The molecule has 0 aromatic rings. The smallest absolute Gasteiger partial charge is 0.457 e. The Hall–Kier alpha value is -2.62. The number of phosphoric acid groups is 1. The molecule has 3 unspecified atom stereocenters. The van der Waals surface area contributed by atoms with E-state index in [0.717, 1.165) is 77.0 Å². The quantitative estimate of drug-likeness (QED) is 0.0239. The van der Waals surface area contributed by atoms with Crippen LogP contribution in [0.2, 0.25) is 0 Å². The van der Waals surface area contributed by atoms with Crippen LogP contribution in [0.5, 0.6) is 0 Å². The summed E-state index contributed by atoms with van der Waals surface area (Å²) in [5.74, 6) is -0.447. The molecule has 0 fully saturated rings. The number of ether oxygens (including phenoxy) is 2. The molecule has 0 spiro atoms. The van der Waals surface area contributed by atoms with Gasteiger partial charge in [-0.2, -0.15) is 0 Å². The minimum Gasteiger partial charge on any atom is -0.457 e. The molecule has 0 saturated heterocycles. The number of phosphoric ester groups is 1. The van der Waals surface area contributed by atoms with Crippen LogP contribution in [-0.4, -0.2) is 66.3 Å². The van der Waals surface area contributed by atoms with Crippen molar-refractivity contribution in [2.24, 2.45) is 0 Å². The number of carbonyl (C=O) groups excluding carboxylic acids is 1. The molecule has 9 nitrogen and oxygen atoms in total. The third-order valence-electron chi connectivity index (χ3n) is 8.50. The lowest BCUT2D eigenvalue weighted by Crippen LogP contribution is -2.29. The highest BCUT2D eigenvalue weighted by molar-refractivity contribution is 7.47. The number of rotatable bonds is 40. The summed E-state index contributed by atoms with van der Waals surface area (Å²) in [6, 6.07) is 0. The zero-order valence-electron chi connectivity index (χ0n) is 35.5. The van der Waals surface area contributed by atoms with Crippen LogP contribution < -0.4 is 0 Å². The van der Waals surface area contributed by atoms with Gasteiger partial charge in [-0.3, -0.25) is 13.8 Å². The van der Waals surface area contributed by atoms with E-state index in [2.05, 4.69) is 105 Å². The number of hydrogen-bond donors (Lipinski definition) is 3. The highest BCUT2D eigenvalue weighted by atomic mass is 31.2. The fourth-order valence-corrected chi connectivity index (χ4v) is 6.01. The van der Waals surface area contributed by atoms with Gasteiger partial charge in [0.15, 0.2) is 0 Å². The van der Waals surface area contributed by atoms with Gasteiger partial charge >= 0.3 is 13.8 Å². The van der Waals surface area contributed by atoms with Crippen LogP contribution in [0.1, 0.15) is 149 Å². The number of esters is 1. The largest absolute Gasteiger partial charge is 0.472 e. The molecule has 57 heavy (non-hydrogen) atoms.